The second kappa shape index (κ2) is 5.67. The lowest BCUT2D eigenvalue weighted by Crippen LogP contribution is -2.31. The Morgan fingerprint density at radius 1 is 1.29 bits per heavy atom. The van der Waals surface area contributed by atoms with Crippen LogP contribution in [-0.2, 0) is 13.1 Å². The second-order valence-corrected chi connectivity index (χ2v) is 8.24. The number of rotatable bonds is 4. The topological polar surface area (TPSA) is 63.1 Å². The number of aromatic nitrogens is 3. The monoisotopic (exact) mass is 343 g/mol. The van der Waals surface area contributed by atoms with Crippen LogP contribution in [0.3, 0.4) is 0 Å². The van der Waals surface area contributed by atoms with E-state index in [0.717, 1.165) is 51.3 Å². The third kappa shape index (κ3) is 2.56. The van der Waals surface area contributed by atoms with E-state index in [1.807, 2.05) is 11.3 Å². The number of nitrogens with zero attached hydrogens (tertiary/aromatic N) is 4. The van der Waals surface area contributed by atoms with Gasteiger partial charge in [0.2, 0.25) is 5.82 Å². The predicted octanol–water partition coefficient (Wildman–Crippen LogP) is 1.85. The van der Waals surface area contributed by atoms with E-state index in [9.17, 15) is 4.79 Å². The van der Waals surface area contributed by atoms with Crippen molar-refractivity contribution in [2.45, 2.75) is 44.3 Å². The number of hydrogen-bond donors (Lipinski definition) is 1. The first-order chi connectivity index (χ1) is 11.8. The summed E-state index contributed by atoms with van der Waals surface area (Å²) in [7, 11) is 0. The minimum atomic E-state index is -0.0526. The Hall–Kier alpha value is -1.73. The summed E-state index contributed by atoms with van der Waals surface area (Å²) in [6, 6.07) is 4.68. The third-order valence-corrected chi connectivity index (χ3v) is 6.29. The molecular formula is C17H21N5OS. The molecule has 2 unspecified atom stereocenters. The number of amides is 1. The van der Waals surface area contributed by atoms with E-state index in [-0.39, 0.29) is 5.91 Å². The Morgan fingerprint density at radius 3 is 3.00 bits per heavy atom. The Balaban J connectivity index is 1.34. The van der Waals surface area contributed by atoms with Gasteiger partial charge in [-0.1, -0.05) is 6.07 Å². The summed E-state index contributed by atoms with van der Waals surface area (Å²) in [5, 5.41) is 13.8. The first-order valence-electron chi connectivity index (χ1n) is 8.76. The highest BCUT2D eigenvalue weighted by Crippen LogP contribution is 2.39. The average Bonchev–Trinajstić information content (AvgIpc) is 3.01. The number of fused-ring (bicyclic) bond motifs is 3. The quantitative estimate of drug-likeness (QED) is 0.920. The van der Waals surface area contributed by atoms with Crippen molar-refractivity contribution in [3.05, 3.63) is 34.0 Å². The lowest BCUT2D eigenvalue weighted by molar-refractivity contribution is 0.0934. The maximum absolute atomic E-state index is 12.4. The number of thiophene rings is 1. The van der Waals surface area contributed by atoms with E-state index >= 15 is 0 Å². The number of nitrogens with one attached hydrogen (secondary N) is 1. The molecule has 7 heteroatoms. The van der Waals surface area contributed by atoms with Gasteiger partial charge >= 0.3 is 0 Å². The zero-order valence-electron chi connectivity index (χ0n) is 13.5. The van der Waals surface area contributed by atoms with E-state index in [4.69, 9.17) is 0 Å². The van der Waals surface area contributed by atoms with Gasteiger partial charge in [-0.3, -0.25) is 9.69 Å². The van der Waals surface area contributed by atoms with Crippen molar-refractivity contribution in [1.82, 2.24) is 25.0 Å². The summed E-state index contributed by atoms with van der Waals surface area (Å²) in [5.74, 6) is 2.52. The van der Waals surface area contributed by atoms with Crippen molar-refractivity contribution < 1.29 is 4.79 Å². The van der Waals surface area contributed by atoms with Gasteiger partial charge in [0.25, 0.3) is 5.91 Å². The highest BCUT2D eigenvalue weighted by molar-refractivity contribution is 7.09. The summed E-state index contributed by atoms with van der Waals surface area (Å²) >= 11 is 1.82. The Labute approximate surface area is 144 Å². The molecule has 0 radical (unpaired) electrons. The lowest BCUT2D eigenvalue weighted by atomic mass is 9.89. The SMILES string of the molecule is O=C(NC1CC1)c1nnc2n1CCC1CN(Cc3cccs3)CC21. The van der Waals surface area contributed by atoms with Gasteiger partial charge < -0.3 is 9.88 Å². The van der Waals surface area contributed by atoms with Crippen molar-refractivity contribution in [2.75, 3.05) is 13.1 Å². The fraction of sp³-hybridized carbons (Fsp3) is 0.588. The molecule has 0 aromatic carbocycles. The summed E-state index contributed by atoms with van der Waals surface area (Å²) in [4.78, 5) is 16.3. The molecule has 6 nitrogen and oxygen atoms in total. The Kier molecular flexibility index (Phi) is 3.45. The van der Waals surface area contributed by atoms with E-state index in [2.05, 4.69) is 42.5 Å². The molecule has 1 aliphatic carbocycles. The minimum absolute atomic E-state index is 0.0526. The highest BCUT2D eigenvalue weighted by Gasteiger charge is 2.41. The molecule has 2 atom stereocenters. The van der Waals surface area contributed by atoms with E-state index < -0.39 is 0 Å². The van der Waals surface area contributed by atoms with Crippen LogP contribution in [0.2, 0.25) is 0 Å². The predicted molar refractivity (Wildman–Crippen MR) is 91.0 cm³/mol. The van der Waals surface area contributed by atoms with Crippen molar-refractivity contribution in [2.24, 2.45) is 5.92 Å². The van der Waals surface area contributed by atoms with Crippen LogP contribution in [0, 0.1) is 5.92 Å². The van der Waals surface area contributed by atoms with Gasteiger partial charge in [-0.25, -0.2) is 0 Å². The van der Waals surface area contributed by atoms with Gasteiger partial charge in [0, 0.05) is 43.0 Å². The molecule has 3 aliphatic rings. The van der Waals surface area contributed by atoms with Crippen LogP contribution in [0.25, 0.3) is 0 Å². The fourth-order valence-corrected chi connectivity index (χ4v) is 4.79. The molecule has 24 heavy (non-hydrogen) atoms. The Bertz CT molecular complexity index is 751. The van der Waals surface area contributed by atoms with Crippen LogP contribution in [0.5, 0.6) is 0 Å². The molecule has 2 aliphatic heterocycles. The van der Waals surface area contributed by atoms with Crippen molar-refractivity contribution in [3.63, 3.8) is 0 Å². The maximum atomic E-state index is 12.4. The van der Waals surface area contributed by atoms with E-state index in [0.29, 0.717) is 23.7 Å². The molecule has 2 fully saturated rings. The van der Waals surface area contributed by atoms with Crippen molar-refractivity contribution in [1.29, 1.82) is 0 Å². The van der Waals surface area contributed by atoms with Gasteiger partial charge in [-0.2, -0.15) is 0 Å². The van der Waals surface area contributed by atoms with Crippen LogP contribution in [-0.4, -0.2) is 44.7 Å². The van der Waals surface area contributed by atoms with Crippen LogP contribution in [0.1, 0.15) is 46.5 Å². The average molecular weight is 343 g/mol. The molecule has 0 spiro atoms. The first kappa shape index (κ1) is 14.6. The smallest absolute Gasteiger partial charge is 0.289 e. The number of carbonyl (C=O) groups excluding carboxylic acids is 1. The van der Waals surface area contributed by atoms with Crippen LogP contribution >= 0.6 is 11.3 Å². The summed E-state index contributed by atoms with van der Waals surface area (Å²) < 4.78 is 2.06. The van der Waals surface area contributed by atoms with Crippen molar-refractivity contribution in [3.8, 4) is 0 Å². The molecule has 1 saturated heterocycles. The maximum Gasteiger partial charge on any atom is 0.289 e. The van der Waals surface area contributed by atoms with Gasteiger partial charge in [-0.05, 0) is 36.6 Å². The first-order valence-corrected chi connectivity index (χ1v) is 9.64. The summed E-state index contributed by atoms with van der Waals surface area (Å²) in [5.41, 5.74) is 0. The van der Waals surface area contributed by atoms with Gasteiger partial charge in [0.05, 0.1) is 0 Å². The van der Waals surface area contributed by atoms with Crippen molar-refractivity contribution >= 4 is 17.2 Å². The van der Waals surface area contributed by atoms with Gasteiger partial charge in [0.15, 0.2) is 0 Å². The summed E-state index contributed by atoms with van der Waals surface area (Å²) in [6.07, 6.45) is 3.30. The highest BCUT2D eigenvalue weighted by atomic mass is 32.1. The molecule has 1 N–H and O–H groups in total. The molecule has 0 bridgehead atoms. The molecule has 5 rings (SSSR count). The fourth-order valence-electron chi connectivity index (χ4n) is 4.05. The Morgan fingerprint density at radius 2 is 2.21 bits per heavy atom. The normalized spacial score (nSPS) is 26.2. The standard InChI is InChI=1S/C17H21N5OS/c23-17(18-12-3-4-12)16-20-19-15-14-10-21(9-13-2-1-7-24-13)8-11(14)5-6-22(15)16/h1-2,7,11-12,14H,3-6,8-10H2,(H,18,23). The van der Waals surface area contributed by atoms with Gasteiger partial charge in [-0.15, -0.1) is 21.5 Å². The number of likely N-dealkylation sites (tertiary alicyclic amines) is 1. The number of hydrogen-bond acceptors (Lipinski definition) is 5. The lowest BCUT2D eigenvalue weighted by Gasteiger charge is -2.25. The van der Waals surface area contributed by atoms with Crippen LogP contribution < -0.4 is 5.32 Å². The summed E-state index contributed by atoms with van der Waals surface area (Å²) in [6.45, 7) is 4.03. The van der Waals surface area contributed by atoms with Gasteiger partial charge in [0.1, 0.15) is 5.82 Å². The number of carbonyl (C=O) groups is 1. The molecule has 126 valence electrons. The minimum Gasteiger partial charge on any atom is -0.347 e. The molecule has 2 aromatic rings. The molecule has 1 saturated carbocycles. The van der Waals surface area contributed by atoms with E-state index in [1.165, 1.54) is 4.88 Å². The molecule has 4 heterocycles. The third-order valence-electron chi connectivity index (χ3n) is 5.43. The zero-order valence-corrected chi connectivity index (χ0v) is 14.3. The van der Waals surface area contributed by atoms with E-state index in [1.54, 1.807) is 0 Å². The molecule has 1 amide bonds. The molecule has 2 aromatic heterocycles. The second-order valence-electron chi connectivity index (χ2n) is 7.21. The van der Waals surface area contributed by atoms with Crippen LogP contribution in [0.4, 0.5) is 0 Å². The zero-order chi connectivity index (χ0) is 16.1. The largest absolute Gasteiger partial charge is 0.347 e. The van der Waals surface area contributed by atoms with Crippen LogP contribution in [0.15, 0.2) is 17.5 Å². The molecular weight excluding hydrogens is 322 g/mol.